The van der Waals surface area contributed by atoms with E-state index in [9.17, 15) is 9.59 Å². The van der Waals surface area contributed by atoms with Crippen LogP contribution in [0, 0.1) is 5.92 Å². The van der Waals surface area contributed by atoms with Crippen molar-refractivity contribution in [2.45, 2.75) is 72.1 Å². The van der Waals surface area contributed by atoms with Gasteiger partial charge in [0.25, 0.3) is 0 Å². The van der Waals surface area contributed by atoms with Gasteiger partial charge in [-0.1, -0.05) is 45.8 Å². The van der Waals surface area contributed by atoms with Crippen LogP contribution in [0.25, 0.3) is 0 Å². The van der Waals surface area contributed by atoms with Gasteiger partial charge < -0.3 is 9.47 Å². The maximum atomic E-state index is 12.0. The molecule has 0 saturated carbocycles. The molecule has 0 heterocycles. The molecule has 4 heteroatoms. The van der Waals surface area contributed by atoms with Crippen LogP contribution in [-0.4, -0.2) is 25.2 Å². The van der Waals surface area contributed by atoms with Crippen LogP contribution >= 0.6 is 0 Å². The van der Waals surface area contributed by atoms with E-state index in [1.807, 2.05) is 19.1 Å². The second-order valence-corrected chi connectivity index (χ2v) is 5.43. The van der Waals surface area contributed by atoms with E-state index in [-0.39, 0.29) is 17.9 Å². The van der Waals surface area contributed by atoms with Crippen LogP contribution in [0.3, 0.4) is 0 Å². The fraction of sp³-hybridized carbons (Fsp3) is 0.778. The van der Waals surface area contributed by atoms with Gasteiger partial charge in [-0.25, -0.2) is 0 Å². The Bertz CT molecular complexity index is 323. The molecule has 0 aromatic carbocycles. The van der Waals surface area contributed by atoms with Crippen molar-refractivity contribution in [2.24, 2.45) is 5.92 Å². The zero-order chi connectivity index (χ0) is 16.6. The Balaban J connectivity index is 4.10. The van der Waals surface area contributed by atoms with E-state index in [0.717, 1.165) is 32.1 Å². The molecule has 0 fully saturated rings. The standard InChI is InChI=1S/C18H32O4/c1-4-7-11-16(18(20)22-15-9-6-3)12-10-13-17(19)21-14-8-5-2/h7,11,16H,4-6,8-10,12-15H2,1-3H3/b11-7+. The third-order valence-corrected chi connectivity index (χ3v) is 3.31. The minimum atomic E-state index is -0.250. The molecule has 1 atom stereocenters. The largest absolute Gasteiger partial charge is 0.466 e. The van der Waals surface area contributed by atoms with Crippen LogP contribution < -0.4 is 0 Å². The third-order valence-electron chi connectivity index (χ3n) is 3.31. The second-order valence-electron chi connectivity index (χ2n) is 5.43. The van der Waals surface area contributed by atoms with Crippen LogP contribution in [0.1, 0.15) is 72.1 Å². The highest BCUT2D eigenvalue weighted by atomic mass is 16.5. The summed E-state index contributed by atoms with van der Waals surface area (Å²) in [5, 5.41) is 0. The molecule has 0 rings (SSSR count). The maximum Gasteiger partial charge on any atom is 0.312 e. The summed E-state index contributed by atoms with van der Waals surface area (Å²) in [6.07, 6.45) is 10.2. The Morgan fingerprint density at radius 2 is 1.59 bits per heavy atom. The molecule has 128 valence electrons. The molecule has 0 radical (unpaired) electrons. The van der Waals surface area contributed by atoms with Gasteiger partial charge in [-0.05, 0) is 32.1 Å². The minimum Gasteiger partial charge on any atom is -0.466 e. The average Bonchev–Trinajstić information content (AvgIpc) is 2.51. The highest BCUT2D eigenvalue weighted by molar-refractivity contribution is 5.74. The summed E-state index contributed by atoms with van der Waals surface area (Å²) in [5.41, 5.74) is 0. The first-order valence-electron chi connectivity index (χ1n) is 8.64. The van der Waals surface area contributed by atoms with E-state index < -0.39 is 0 Å². The Labute approximate surface area is 135 Å². The molecular weight excluding hydrogens is 280 g/mol. The minimum absolute atomic E-state index is 0.175. The molecule has 4 nitrogen and oxygen atoms in total. The predicted molar refractivity (Wildman–Crippen MR) is 88.5 cm³/mol. The lowest BCUT2D eigenvalue weighted by Gasteiger charge is -2.12. The lowest BCUT2D eigenvalue weighted by atomic mass is 10.0. The molecule has 0 bridgehead atoms. The Morgan fingerprint density at radius 3 is 2.18 bits per heavy atom. The number of esters is 2. The van der Waals surface area contributed by atoms with Crippen molar-refractivity contribution in [2.75, 3.05) is 13.2 Å². The lowest BCUT2D eigenvalue weighted by molar-refractivity contribution is -0.148. The molecule has 0 aliphatic carbocycles. The average molecular weight is 312 g/mol. The number of carbonyl (C=O) groups excluding carboxylic acids is 2. The van der Waals surface area contributed by atoms with E-state index in [0.29, 0.717) is 32.5 Å². The molecule has 0 amide bonds. The highest BCUT2D eigenvalue weighted by Gasteiger charge is 2.17. The summed E-state index contributed by atoms with van der Waals surface area (Å²) < 4.78 is 10.4. The van der Waals surface area contributed by atoms with E-state index in [4.69, 9.17) is 9.47 Å². The fourth-order valence-corrected chi connectivity index (χ4v) is 1.89. The first-order valence-corrected chi connectivity index (χ1v) is 8.64. The Hall–Kier alpha value is -1.32. The van der Waals surface area contributed by atoms with Crippen LogP contribution in [-0.2, 0) is 19.1 Å². The van der Waals surface area contributed by atoms with Gasteiger partial charge in [0.1, 0.15) is 0 Å². The zero-order valence-corrected chi connectivity index (χ0v) is 14.4. The van der Waals surface area contributed by atoms with Crippen LogP contribution in [0.5, 0.6) is 0 Å². The molecule has 0 N–H and O–H groups in total. The third kappa shape index (κ3) is 11.4. The van der Waals surface area contributed by atoms with Crippen molar-refractivity contribution in [1.29, 1.82) is 0 Å². The van der Waals surface area contributed by atoms with Gasteiger partial charge in [-0.3, -0.25) is 9.59 Å². The van der Waals surface area contributed by atoms with Gasteiger partial charge in [-0.15, -0.1) is 0 Å². The van der Waals surface area contributed by atoms with Crippen molar-refractivity contribution in [3.8, 4) is 0 Å². The van der Waals surface area contributed by atoms with E-state index in [1.54, 1.807) is 0 Å². The van der Waals surface area contributed by atoms with Gasteiger partial charge in [0.15, 0.2) is 0 Å². The summed E-state index contributed by atoms with van der Waals surface area (Å²) in [5.74, 6) is -0.608. The fourth-order valence-electron chi connectivity index (χ4n) is 1.89. The zero-order valence-electron chi connectivity index (χ0n) is 14.4. The molecular formula is C18H32O4. The van der Waals surface area contributed by atoms with E-state index in [1.165, 1.54) is 0 Å². The normalized spacial score (nSPS) is 12.3. The van der Waals surface area contributed by atoms with Crippen molar-refractivity contribution < 1.29 is 19.1 Å². The van der Waals surface area contributed by atoms with Gasteiger partial charge in [0.05, 0.1) is 19.1 Å². The summed E-state index contributed by atoms with van der Waals surface area (Å²) >= 11 is 0. The molecule has 0 spiro atoms. The summed E-state index contributed by atoms with van der Waals surface area (Å²) in [4.78, 5) is 23.6. The van der Waals surface area contributed by atoms with E-state index in [2.05, 4.69) is 13.8 Å². The summed E-state index contributed by atoms with van der Waals surface area (Å²) in [6, 6.07) is 0. The number of unbranched alkanes of at least 4 members (excludes halogenated alkanes) is 2. The van der Waals surface area contributed by atoms with Gasteiger partial charge in [0, 0.05) is 6.42 Å². The number of ether oxygens (including phenoxy) is 2. The molecule has 22 heavy (non-hydrogen) atoms. The smallest absolute Gasteiger partial charge is 0.312 e. The maximum absolute atomic E-state index is 12.0. The highest BCUT2D eigenvalue weighted by Crippen LogP contribution is 2.14. The number of carbonyl (C=O) groups is 2. The first kappa shape index (κ1) is 20.7. The van der Waals surface area contributed by atoms with Gasteiger partial charge >= 0.3 is 11.9 Å². The molecule has 0 aromatic heterocycles. The number of hydrogen-bond donors (Lipinski definition) is 0. The summed E-state index contributed by atoms with van der Waals surface area (Å²) in [6.45, 7) is 7.12. The van der Waals surface area contributed by atoms with Crippen molar-refractivity contribution in [1.82, 2.24) is 0 Å². The van der Waals surface area contributed by atoms with Crippen molar-refractivity contribution in [3.05, 3.63) is 12.2 Å². The van der Waals surface area contributed by atoms with Crippen molar-refractivity contribution >= 4 is 11.9 Å². The van der Waals surface area contributed by atoms with E-state index >= 15 is 0 Å². The SMILES string of the molecule is CC/C=C/C(CCCC(=O)OCCCC)C(=O)OCCCC. The number of rotatable bonds is 13. The van der Waals surface area contributed by atoms with Crippen LogP contribution in [0.4, 0.5) is 0 Å². The molecule has 0 saturated heterocycles. The van der Waals surface area contributed by atoms with Gasteiger partial charge in [-0.2, -0.15) is 0 Å². The quantitative estimate of drug-likeness (QED) is 0.287. The lowest BCUT2D eigenvalue weighted by Crippen LogP contribution is -2.17. The van der Waals surface area contributed by atoms with Crippen LogP contribution in [0.15, 0.2) is 12.2 Å². The molecule has 0 aliphatic rings. The van der Waals surface area contributed by atoms with Gasteiger partial charge in [0.2, 0.25) is 0 Å². The Kier molecular flexibility index (Phi) is 13.7. The molecule has 1 unspecified atom stereocenters. The number of hydrogen-bond acceptors (Lipinski definition) is 4. The molecule has 0 aliphatic heterocycles. The first-order chi connectivity index (χ1) is 10.7. The monoisotopic (exact) mass is 312 g/mol. The topological polar surface area (TPSA) is 52.6 Å². The van der Waals surface area contributed by atoms with Crippen LogP contribution in [0.2, 0.25) is 0 Å². The van der Waals surface area contributed by atoms with Crippen molar-refractivity contribution in [3.63, 3.8) is 0 Å². The summed E-state index contributed by atoms with van der Waals surface area (Å²) in [7, 11) is 0. The second kappa shape index (κ2) is 14.6. The Morgan fingerprint density at radius 1 is 0.955 bits per heavy atom. The number of allylic oxidation sites excluding steroid dienone is 1. The molecule has 0 aromatic rings. The predicted octanol–water partition coefficient (Wildman–Crippen LogP) is 4.43.